The van der Waals surface area contributed by atoms with Gasteiger partial charge in [0.05, 0.1) is 0 Å². The van der Waals surface area contributed by atoms with Crippen molar-refractivity contribution in [1.29, 1.82) is 0 Å². The van der Waals surface area contributed by atoms with Gasteiger partial charge in [0, 0.05) is 19.3 Å². The zero-order valence-electron chi connectivity index (χ0n) is 39.9. The maximum Gasteiger partial charge on any atom is 0.306 e. The van der Waals surface area contributed by atoms with Gasteiger partial charge in [-0.25, -0.2) is 0 Å². The molecule has 0 aromatic carbocycles. The average molecular weight is 851 g/mol. The van der Waals surface area contributed by atoms with E-state index < -0.39 is 6.10 Å². The van der Waals surface area contributed by atoms with Crippen molar-refractivity contribution in [3.63, 3.8) is 0 Å². The van der Waals surface area contributed by atoms with Crippen LogP contribution < -0.4 is 0 Å². The number of carbonyl (C=O) groups is 3. The monoisotopic (exact) mass is 851 g/mol. The first-order chi connectivity index (χ1) is 30.0. The minimum absolute atomic E-state index is 0.0905. The summed E-state index contributed by atoms with van der Waals surface area (Å²) >= 11 is 0. The Bertz CT molecular complexity index is 1160. The van der Waals surface area contributed by atoms with E-state index in [4.69, 9.17) is 14.2 Å². The predicted octanol–water partition coefficient (Wildman–Crippen LogP) is 16.6. The fraction of sp³-hybridized carbons (Fsp3) is 0.727. The lowest BCUT2D eigenvalue weighted by molar-refractivity contribution is -0.167. The van der Waals surface area contributed by atoms with E-state index in [9.17, 15) is 14.4 Å². The fourth-order valence-electron chi connectivity index (χ4n) is 6.82. The summed E-state index contributed by atoms with van der Waals surface area (Å²) < 4.78 is 16.8. The second-order valence-corrected chi connectivity index (χ2v) is 16.7. The van der Waals surface area contributed by atoms with Gasteiger partial charge in [-0.2, -0.15) is 0 Å². The smallest absolute Gasteiger partial charge is 0.306 e. The van der Waals surface area contributed by atoms with Crippen LogP contribution in [0.5, 0.6) is 0 Å². The molecule has 0 bridgehead atoms. The highest BCUT2D eigenvalue weighted by Gasteiger charge is 2.19. The number of ether oxygens (including phenoxy) is 3. The van der Waals surface area contributed by atoms with Gasteiger partial charge in [-0.1, -0.05) is 190 Å². The zero-order valence-corrected chi connectivity index (χ0v) is 39.9. The molecule has 0 spiro atoms. The molecule has 61 heavy (non-hydrogen) atoms. The van der Waals surface area contributed by atoms with E-state index in [1.54, 1.807) is 0 Å². The van der Waals surface area contributed by atoms with E-state index >= 15 is 0 Å². The first-order valence-corrected chi connectivity index (χ1v) is 25.4. The van der Waals surface area contributed by atoms with Gasteiger partial charge in [-0.3, -0.25) is 14.4 Å². The van der Waals surface area contributed by atoms with Crippen molar-refractivity contribution in [2.75, 3.05) is 13.2 Å². The molecular formula is C55H94O6. The topological polar surface area (TPSA) is 78.9 Å². The molecule has 0 saturated carbocycles. The lowest BCUT2D eigenvalue weighted by Crippen LogP contribution is -2.30. The van der Waals surface area contributed by atoms with Crippen LogP contribution in [0.15, 0.2) is 72.9 Å². The number of esters is 3. The van der Waals surface area contributed by atoms with Crippen LogP contribution in [0, 0.1) is 0 Å². The maximum absolute atomic E-state index is 12.8. The molecule has 0 fully saturated rings. The molecule has 6 heteroatoms. The van der Waals surface area contributed by atoms with Gasteiger partial charge < -0.3 is 14.2 Å². The van der Waals surface area contributed by atoms with Gasteiger partial charge in [0.25, 0.3) is 0 Å². The number of unbranched alkanes of at least 4 members (excludes halogenated alkanes) is 22. The first kappa shape index (κ1) is 57.9. The highest BCUT2D eigenvalue weighted by Crippen LogP contribution is 2.14. The molecule has 0 rings (SSSR count). The Kier molecular flexibility index (Phi) is 46.9. The summed E-state index contributed by atoms with van der Waals surface area (Å²) in [6.45, 7) is 6.44. The Hall–Kier alpha value is -3.15. The molecule has 0 saturated heterocycles. The summed E-state index contributed by atoms with van der Waals surface area (Å²) in [6, 6.07) is 0. The van der Waals surface area contributed by atoms with Crippen LogP contribution in [0.3, 0.4) is 0 Å². The van der Waals surface area contributed by atoms with Crippen LogP contribution in [-0.2, 0) is 28.6 Å². The molecule has 0 N–H and O–H groups in total. The van der Waals surface area contributed by atoms with Gasteiger partial charge in [0.1, 0.15) is 13.2 Å². The van der Waals surface area contributed by atoms with Crippen molar-refractivity contribution < 1.29 is 28.6 Å². The molecule has 1 atom stereocenters. The van der Waals surface area contributed by atoms with Gasteiger partial charge in [-0.15, -0.1) is 0 Å². The zero-order chi connectivity index (χ0) is 44.4. The fourth-order valence-corrected chi connectivity index (χ4v) is 6.82. The predicted molar refractivity (Wildman–Crippen MR) is 261 cm³/mol. The van der Waals surface area contributed by atoms with E-state index in [1.165, 1.54) is 96.3 Å². The lowest BCUT2D eigenvalue weighted by atomic mass is 10.1. The number of allylic oxidation sites excluding steroid dienone is 12. The van der Waals surface area contributed by atoms with Crippen LogP contribution >= 0.6 is 0 Å². The Morgan fingerprint density at radius 2 is 0.656 bits per heavy atom. The van der Waals surface area contributed by atoms with Crippen molar-refractivity contribution in [1.82, 2.24) is 0 Å². The summed E-state index contributed by atoms with van der Waals surface area (Å²) in [4.78, 5) is 37.9. The van der Waals surface area contributed by atoms with Gasteiger partial charge in [0.2, 0.25) is 0 Å². The summed E-state index contributed by atoms with van der Waals surface area (Å²) in [5.41, 5.74) is 0. The minimum atomic E-state index is -0.792. The molecule has 0 aromatic heterocycles. The van der Waals surface area contributed by atoms with E-state index in [1.807, 2.05) is 0 Å². The third-order valence-electron chi connectivity index (χ3n) is 10.7. The summed E-state index contributed by atoms with van der Waals surface area (Å²) in [6.07, 6.45) is 61.7. The molecule has 6 nitrogen and oxygen atoms in total. The molecule has 0 aliphatic heterocycles. The minimum Gasteiger partial charge on any atom is -0.462 e. The number of rotatable bonds is 45. The van der Waals surface area contributed by atoms with Crippen molar-refractivity contribution in [3.05, 3.63) is 72.9 Å². The standard InChI is InChI=1S/C55H94O6/c1-4-7-10-13-16-19-22-24-26-27-29-31-34-37-40-43-46-49-55(58)61-52(50-59-53(56)47-44-41-38-35-32-21-18-15-12-9-6-3)51-60-54(57)48-45-42-39-36-33-30-28-25-23-20-17-14-11-8-5-2/h7,10,15-16,18-20,23-24,26,29,31,52H,4-6,8-9,11-14,17,21-22,25,27-28,30,32-51H2,1-3H3/b10-7-,18-15-,19-16-,23-20-,26-24-,31-29-/t52-/m0/s1. The van der Waals surface area contributed by atoms with Crippen LogP contribution in [-0.4, -0.2) is 37.2 Å². The third kappa shape index (κ3) is 47.7. The lowest BCUT2D eigenvalue weighted by Gasteiger charge is -2.18. The molecule has 0 heterocycles. The molecule has 0 aliphatic carbocycles. The van der Waals surface area contributed by atoms with E-state index in [-0.39, 0.29) is 31.1 Å². The summed E-state index contributed by atoms with van der Waals surface area (Å²) in [7, 11) is 0. The second kappa shape index (κ2) is 49.5. The van der Waals surface area contributed by atoms with Crippen molar-refractivity contribution >= 4 is 17.9 Å². The largest absolute Gasteiger partial charge is 0.462 e. The van der Waals surface area contributed by atoms with E-state index in [0.717, 1.165) is 103 Å². The molecule has 0 amide bonds. The van der Waals surface area contributed by atoms with E-state index in [0.29, 0.717) is 19.3 Å². The van der Waals surface area contributed by atoms with E-state index in [2.05, 4.69) is 93.7 Å². The normalized spacial score (nSPS) is 12.6. The molecule has 0 unspecified atom stereocenters. The van der Waals surface area contributed by atoms with Gasteiger partial charge >= 0.3 is 17.9 Å². The molecule has 0 radical (unpaired) electrons. The first-order valence-electron chi connectivity index (χ1n) is 25.4. The van der Waals surface area contributed by atoms with Crippen molar-refractivity contribution in [2.24, 2.45) is 0 Å². The third-order valence-corrected chi connectivity index (χ3v) is 10.7. The van der Waals surface area contributed by atoms with Crippen molar-refractivity contribution in [2.45, 2.75) is 245 Å². The Labute approximate surface area is 376 Å². The van der Waals surface area contributed by atoms with Crippen LogP contribution in [0.1, 0.15) is 239 Å². The highest BCUT2D eigenvalue weighted by molar-refractivity contribution is 5.71. The molecule has 0 aliphatic rings. The Morgan fingerprint density at radius 3 is 1.07 bits per heavy atom. The molecular weight excluding hydrogens is 757 g/mol. The van der Waals surface area contributed by atoms with Gasteiger partial charge in [-0.05, 0) is 103 Å². The van der Waals surface area contributed by atoms with Crippen LogP contribution in [0.2, 0.25) is 0 Å². The molecule has 0 aromatic rings. The second-order valence-electron chi connectivity index (χ2n) is 16.7. The average Bonchev–Trinajstić information content (AvgIpc) is 3.26. The van der Waals surface area contributed by atoms with Gasteiger partial charge in [0.15, 0.2) is 6.10 Å². The summed E-state index contributed by atoms with van der Waals surface area (Å²) in [5, 5.41) is 0. The summed E-state index contributed by atoms with van der Waals surface area (Å²) in [5.74, 6) is -0.929. The Morgan fingerprint density at radius 1 is 0.344 bits per heavy atom. The number of carbonyl (C=O) groups excluding carboxylic acids is 3. The molecule has 350 valence electrons. The number of hydrogen-bond acceptors (Lipinski definition) is 6. The van der Waals surface area contributed by atoms with Crippen LogP contribution in [0.4, 0.5) is 0 Å². The maximum atomic E-state index is 12.8. The SMILES string of the molecule is CC/C=C\C/C=C\C/C=C\C/C=C\CCCCCCC(=O)O[C@@H](COC(=O)CCCCCCC/C=C\CCCC)COC(=O)CCCCCCCCC/C=C\CCCCCC. The van der Waals surface area contributed by atoms with Crippen molar-refractivity contribution in [3.8, 4) is 0 Å². The quantitative estimate of drug-likeness (QED) is 0.0263. The highest BCUT2D eigenvalue weighted by atomic mass is 16.6. The Balaban J connectivity index is 4.43. The number of hydrogen-bond donors (Lipinski definition) is 0. The van der Waals surface area contributed by atoms with Crippen LogP contribution in [0.25, 0.3) is 0 Å².